The first-order valence-corrected chi connectivity index (χ1v) is 20.2. The number of fused-ring (bicyclic) bond motifs is 1. The maximum atomic E-state index is 12.4. The molecule has 1 N–H and O–H groups in total. The number of likely N-dealkylation sites (tertiary alicyclic amines) is 1. The van der Waals surface area contributed by atoms with E-state index in [-0.39, 0.29) is 17.7 Å². The predicted molar refractivity (Wildman–Crippen MR) is 199 cm³/mol. The fourth-order valence-electron chi connectivity index (χ4n) is 7.54. The number of benzene rings is 3. The number of ether oxygens (including phenoxy) is 2. The van der Waals surface area contributed by atoms with Crippen LogP contribution in [0.2, 0.25) is 5.04 Å². The Balaban J connectivity index is 1.05. The van der Waals surface area contributed by atoms with Crippen molar-refractivity contribution >= 4 is 35.8 Å². The van der Waals surface area contributed by atoms with Gasteiger partial charge in [-0.15, -0.1) is 0 Å². The van der Waals surface area contributed by atoms with Crippen molar-refractivity contribution in [1.82, 2.24) is 10.1 Å². The van der Waals surface area contributed by atoms with Crippen LogP contribution in [-0.2, 0) is 22.2 Å². The summed E-state index contributed by atoms with van der Waals surface area (Å²) < 4.78 is 24.9. The highest BCUT2D eigenvalue weighted by Gasteiger charge is 2.51. The lowest BCUT2D eigenvalue weighted by atomic mass is 9.91. The molecule has 6 rings (SSSR count). The zero-order chi connectivity index (χ0) is 35.5. The van der Waals surface area contributed by atoms with E-state index in [0.717, 1.165) is 43.2 Å². The second-order valence-electron chi connectivity index (χ2n) is 16.2. The largest absolute Gasteiger partial charge is 0.493 e. The minimum absolute atomic E-state index is 0.0582. The number of aromatic nitrogens is 1. The molecule has 8 nitrogen and oxygen atoms in total. The quantitative estimate of drug-likeness (QED) is 0.153. The number of aliphatic hydroxyl groups is 1. The highest BCUT2D eigenvalue weighted by atomic mass is 28.4. The molecular formula is C41H54N2O6Si. The molecule has 3 aromatic carbocycles. The first-order chi connectivity index (χ1) is 23.9. The number of amides is 1. The van der Waals surface area contributed by atoms with E-state index < -0.39 is 13.9 Å². The Bertz CT molecular complexity index is 1680. The predicted octanol–water partition coefficient (Wildman–Crippen LogP) is 7.49. The van der Waals surface area contributed by atoms with Gasteiger partial charge in [-0.1, -0.05) is 86.6 Å². The summed E-state index contributed by atoms with van der Waals surface area (Å²) in [6, 6.07) is 25.5. The lowest BCUT2D eigenvalue weighted by Gasteiger charge is -2.43. The number of carbonyl (C=O) groups excluding carboxylic acids is 1. The number of aryl methyl sites for hydroxylation is 1. The van der Waals surface area contributed by atoms with Crippen LogP contribution in [-0.4, -0.2) is 61.5 Å². The molecule has 0 spiro atoms. The van der Waals surface area contributed by atoms with Crippen molar-refractivity contribution in [3.05, 3.63) is 84.1 Å². The number of hydrogen-bond acceptors (Lipinski definition) is 7. The summed E-state index contributed by atoms with van der Waals surface area (Å²) in [4.78, 5) is 14.3. The van der Waals surface area contributed by atoms with Gasteiger partial charge >= 0.3 is 6.09 Å². The number of aliphatic hydroxyl groups excluding tert-OH is 1. The molecule has 1 aliphatic heterocycles. The van der Waals surface area contributed by atoms with Crippen molar-refractivity contribution in [2.75, 3.05) is 26.3 Å². The Hall–Kier alpha value is -3.66. The monoisotopic (exact) mass is 698 g/mol. The first-order valence-electron chi connectivity index (χ1n) is 18.3. The Labute approximate surface area is 298 Å². The number of rotatable bonds is 12. The van der Waals surface area contributed by atoms with Gasteiger partial charge in [-0.2, -0.15) is 0 Å². The van der Waals surface area contributed by atoms with Crippen LogP contribution in [0.25, 0.3) is 11.0 Å². The number of nitrogens with zero attached hydrogens (tertiary/aromatic N) is 2. The van der Waals surface area contributed by atoms with Crippen molar-refractivity contribution < 1.29 is 28.3 Å². The molecule has 2 atom stereocenters. The van der Waals surface area contributed by atoms with Gasteiger partial charge in [-0.3, -0.25) is 0 Å². The van der Waals surface area contributed by atoms with Crippen molar-refractivity contribution in [1.29, 1.82) is 0 Å². The zero-order valence-electron chi connectivity index (χ0n) is 30.6. The van der Waals surface area contributed by atoms with E-state index in [1.807, 2.05) is 37.8 Å². The molecule has 1 aliphatic carbocycles. The number of piperidine rings is 1. The van der Waals surface area contributed by atoms with E-state index in [1.54, 1.807) is 0 Å². The van der Waals surface area contributed by atoms with E-state index in [0.29, 0.717) is 61.0 Å². The third kappa shape index (κ3) is 7.95. The summed E-state index contributed by atoms with van der Waals surface area (Å²) >= 11 is 0. The molecule has 9 heteroatoms. The van der Waals surface area contributed by atoms with E-state index in [9.17, 15) is 9.90 Å². The second-order valence-corrected chi connectivity index (χ2v) is 20.5. The van der Waals surface area contributed by atoms with Crippen LogP contribution in [0.3, 0.4) is 0 Å². The van der Waals surface area contributed by atoms with E-state index in [1.165, 1.54) is 10.4 Å². The van der Waals surface area contributed by atoms with Crippen LogP contribution in [0.15, 0.2) is 77.3 Å². The molecule has 1 saturated heterocycles. The molecule has 1 saturated carbocycles. The van der Waals surface area contributed by atoms with Crippen LogP contribution < -0.4 is 15.1 Å². The molecule has 2 unspecified atom stereocenters. The Morgan fingerprint density at radius 3 is 2.10 bits per heavy atom. The average Bonchev–Trinajstić information content (AvgIpc) is 3.72. The zero-order valence-corrected chi connectivity index (χ0v) is 31.6. The molecular weight excluding hydrogens is 645 g/mol. The summed E-state index contributed by atoms with van der Waals surface area (Å²) in [5.41, 5.74) is 1.66. The van der Waals surface area contributed by atoms with Gasteiger partial charge in [0.2, 0.25) is 0 Å². The van der Waals surface area contributed by atoms with Gasteiger partial charge in [-0.25, -0.2) is 4.79 Å². The lowest BCUT2D eigenvalue weighted by molar-refractivity contribution is 0.0181. The summed E-state index contributed by atoms with van der Waals surface area (Å²) in [5, 5.41) is 18.2. The van der Waals surface area contributed by atoms with E-state index >= 15 is 0 Å². The van der Waals surface area contributed by atoms with Crippen LogP contribution in [0.5, 0.6) is 5.75 Å². The minimum Gasteiger partial charge on any atom is -0.493 e. The minimum atomic E-state index is -2.58. The molecule has 2 aliphatic rings. The molecule has 1 amide bonds. The molecule has 4 aromatic rings. The summed E-state index contributed by atoms with van der Waals surface area (Å²) in [6.45, 7) is 15.1. The van der Waals surface area contributed by atoms with Gasteiger partial charge in [0.05, 0.1) is 24.5 Å². The highest BCUT2D eigenvalue weighted by molar-refractivity contribution is 6.99. The van der Waals surface area contributed by atoms with Gasteiger partial charge in [0.25, 0.3) is 8.32 Å². The smallest absolute Gasteiger partial charge is 0.410 e. The summed E-state index contributed by atoms with van der Waals surface area (Å²) in [6.07, 6.45) is 4.46. The fourth-order valence-corrected chi connectivity index (χ4v) is 12.2. The average molecular weight is 699 g/mol. The van der Waals surface area contributed by atoms with E-state index in [2.05, 4.69) is 86.6 Å². The lowest BCUT2D eigenvalue weighted by Crippen LogP contribution is -2.66. The van der Waals surface area contributed by atoms with Gasteiger partial charge in [-0.05, 0) is 98.2 Å². The van der Waals surface area contributed by atoms with Crippen molar-refractivity contribution in [3.63, 3.8) is 0 Å². The van der Waals surface area contributed by atoms with Crippen molar-refractivity contribution in [3.8, 4) is 5.75 Å². The molecule has 2 heterocycles. The molecule has 50 heavy (non-hydrogen) atoms. The molecule has 2 fully saturated rings. The normalized spacial score (nSPS) is 18.7. The second kappa shape index (κ2) is 14.9. The van der Waals surface area contributed by atoms with Gasteiger partial charge in [0.15, 0.2) is 5.58 Å². The maximum absolute atomic E-state index is 12.4. The van der Waals surface area contributed by atoms with Gasteiger partial charge in [0.1, 0.15) is 11.4 Å². The first kappa shape index (κ1) is 36.1. The van der Waals surface area contributed by atoms with Gasteiger partial charge in [0, 0.05) is 25.1 Å². The number of hydrogen-bond donors (Lipinski definition) is 1. The highest BCUT2D eigenvalue weighted by Crippen LogP contribution is 2.43. The third-order valence-corrected chi connectivity index (χ3v) is 15.4. The Morgan fingerprint density at radius 2 is 1.52 bits per heavy atom. The summed E-state index contributed by atoms with van der Waals surface area (Å²) in [7, 11) is -2.58. The van der Waals surface area contributed by atoms with Crippen molar-refractivity contribution in [2.24, 2.45) is 17.8 Å². The fraction of sp³-hybridized carbons (Fsp3) is 0.512. The topological polar surface area (TPSA) is 94.3 Å². The Kier molecular flexibility index (Phi) is 10.8. The SMILES string of the molecule is CC(C)(C)OC(=O)N1CCC(CCc2noc3c(CO)c(OCC4CC4CO[Si](c4ccccc4)(c4ccccc4)C(C)(C)C)ccc23)CC1. The third-order valence-electron chi connectivity index (χ3n) is 10.4. The standard InChI is InChI=1S/C41H54N2O6Si/c1-40(2,3)48-39(45)43-23-21-29(22-24-43)17-19-36-34-18-20-37(35(26-44)38(34)49-42-36)46-27-30-25-31(30)28-47-50(41(4,5)6,32-13-9-7-10-14-32)33-15-11-8-12-16-33/h7-16,18,20,29-31,44H,17,19,21-28H2,1-6H3. The van der Waals surface area contributed by atoms with Gasteiger partial charge < -0.3 is 28.4 Å². The molecule has 268 valence electrons. The molecule has 1 aromatic heterocycles. The maximum Gasteiger partial charge on any atom is 0.410 e. The summed E-state index contributed by atoms with van der Waals surface area (Å²) in [5.74, 6) is 1.97. The molecule has 0 bridgehead atoms. The van der Waals surface area contributed by atoms with Crippen molar-refractivity contribution in [2.45, 2.75) is 90.9 Å². The van der Waals surface area contributed by atoms with Crippen LogP contribution in [0, 0.1) is 17.8 Å². The van der Waals surface area contributed by atoms with Crippen LogP contribution >= 0.6 is 0 Å². The molecule has 0 radical (unpaired) electrons. The Morgan fingerprint density at radius 1 is 0.900 bits per heavy atom. The number of carbonyl (C=O) groups is 1. The van der Waals surface area contributed by atoms with Crippen LogP contribution in [0.4, 0.5) is 4.79 Å². The van der Waals surface area contributed by atoms with E-state index in [4.69, 9.17) is 18.4 Å². The van der Waals surface area contributed by atoms with Crippen LogP contribution in [0.1, 0.15) is 78.5 Å².